The van der Waals surface area contributed by atoms with Gasteiger partial charge in [0.25, 0.3) is 5.91 Å². The lowest BCUT2D eigenvalue weighted by atomic mass is 10.2. The van der Waals surface area contributed by atoms with Crippen LogP contribution in [0.1, 0.15) is 15.9 Å². The second kappa shape index (κ2) is 6.18. The summed E-state index contributed by atoms with van der Waals surface area (Å²) < 4.78 is 1.89. The van der Waals surface area contributed by atoms with Gasteiger partial charge in [0, 0.05) is 36.4 Å². The van der Waals surface area contributed by atoms with Gasteiger partial charge in [-0.2, -0.15) is 0 Å². The van der Waals surface area contributed by atoms with Crippen LogP contribution in [0.5, 0.6) is 0 Å². The number of hydrogen-bond acceptors (Lipinski definition) is 3. The molecule has 3 rings (SSSR count). The Morgan fingerprint density at radius 2 is 1.91 bits per heavy atom. The van der Waals surface area contributed by atoms with E-state index >= 15 is 0 Å². The van der Waals surface area contributed by atoms with E-state index in [9.17, 15) is 9.59 Å². The van der Waals surface area contributed by atoms with E-state index in [0.717, 1.165) is 11.2 Å². The maximum absolute atomic E-state index is 12.1. The first-order chi connectivity index (χ1) is 11.1. The Kier molecular flexibility index (Phi) is 3.92. The summed E-state index contributed by atoms with van der Waals surface area (Å²) in [6.45, 7) is 0.386. The third-order valence-electron chi connectivity index (χ3n) is 3.31. The molecular formula is C16H14N4O3. The molecule has 0 atom stereocenters. The number of nitrogens with zero attached hydrogens (tertiary/aromatic N) is 2. The van der Waals surface area contributed by atoms with Gasteiger partial charge in [-0.25, -0.2) is 9.78 Å². The van der Waals surface area contributed by atoms with Gasteiger partial charge in [0.05, 0.1) is 0 Å². The maximum atomic E-state index is 12.1. The quantitative estimate of drug-likeness (QED) is 0.689. The van der Waals surface area contributed by atoms with Crippen LogP contribution in [0.2, 0.25) is 0 Å². The molecule has 0 saturated carbocycles. The van der Waals surface area contributed by atoms with E-state index < -0.39 is 6.09 Å². The minimum Gasteiger partial charge on any atom is -0.465 e. The molecule has 116 valence electrons. The van der Waals surface area contributed by atoms with Crippen LogP contribution in [0.4, 0.5) is 10.5 Å². The second-order valence-electron chi connectivity index (χ2n) is 4.92. The average Bonchev–Trinajstić information content (AvgIpc) is 3.00. The molecule has 7 nitrogen and oxygen atoms in total. The third kappa shape index (κ3) is 3.46. The molecule has 2 aromatic heterocycles. The van der Waals surface area contributed by atoms with Crippen LogP contribution in [0.3, 0.4) is 0 Å². The largest absolute Gasteiger partial charge is 0.465 e. The highest BCUT2D eigenvalue weighted by Gasteiger charge is 2.06. The Labute approximate surface area is 131 Å². The molecule has 0 saturated heterocycles. The summed E-state index contributed by atoms with van der Waals surface area (Å²) in [4.78, 5) is 26.8. The Bertz CT molecular complexity index is 855. The Hall–Kier alpha value is -3.35. The second-order valence-corrected chi connectivity index (χ2v) is 4.92. The van der Waals surface area contributed by atoms with Gasteiger partial charge in [-0.3, -0.25) is 10.1 Å². The fourth-order valence-electron chi connectivity index (χ4n) is 2.18. The molecule has 23 heavy (non-hydrogen) atoms. The number of hydrogen-bond donors (Lipinski definition) is 3. The number of carbonyl (C=O) groups is 2. The number of amides is 2. The van der Waals surface area contributed by atoms with Crippen molar-refractivity contribution in [3.05, 3.63) is 66.1 Å². The standard InChI is InChI=1S/C16H14N4O3/c21-15(12-1-3-13(4-2-12)19-16(22)23)18-10-11-5-7-20-8-6-17-14(20)9-11/h1-9,19H,10H2,(H,18,21)(H,22,23). The Morgan fingerprint density at radius 3 is 2.65 bits per heavy atom. The van der Waals surface area contributed by atoms with E-state index in [2.05, 4.69) is 15.6 Å². The van der Waals surface area contributed by atoms with Crippen LogP contribution in [0.15, 0.2) is 55.0 Å². The van der Waals surface area contributed by atoms with Crippen molar-refractivity contribution in [3.8, 4) is 0 Å². The monoisotopic (exact) mass is 310 g/mol. The zero-order valence-corrected chi connectivity index (χ0v) is 12.1. The van der Waals surface area contributed by atoms with Crippen molar-refractivity contribution >= 4 is 23.3 Å². The number of benzene rings is 1. The number of imidazole rings is 1. The molecule has 7 heteroatoms. The SMILES string of the molecule is O=C(O)Nc1ccc(C(=O)NCc2ccn3ccnc3c2)cc1. The molecular weight excluding hydrogens is 296 g/mol. The minimum absolute atomic E-state index is 0.227. The van der Waals surface area contributed by atoms with Gasteiger partial charge in [0.2, 0.25) is 0 Å². The highest BCUT2D eigenvalue weighted by atomic mass is 16.4. The summed E-state index contributed by atoms with van der Waals surface area (Å²) in [5.41, 5.74) is 2.64. The van der Waals surface area contributed by atoms with E-state index in [0.29, 0.717) is 17.8 Å². The minimum atomic E-state index is -1.14. The van der Waals surface area contributed by atoms with Crippen LogP contribution < -0.4 is 10.6 Å². The van der Waals surface area contributed by atoms with E-state index in [1.165, 1.54) is 0 Å². The molecule has 0 aliphatic carbocycles. The topological polar surface area (TPSA) is 95.7 Å². The summed E-state index contributed by atoms with van der Waals surface area (Å²) in [6.07, 6.45) is 4.31. The summed E-state index contributed by atoms with van der Waals surface area (Å²) >= 11 is 0. The van der Waals surface area contributed by atoms with Crippen LogP contribution in [0, 0.1) is 0 Å². The highest BCUT2D eigenvalue weighted by molar-refractivity contribution is 5.95. The molecule has 2 amide bonds. The van der Waals surface area contributed by atoms with E-state index in [4.69, 9.17) is 5.11 Å². The molecule has 0 aliphatic heterocycles. The first-order valence-corrected chi connectivity index (χ1v) is 6.91. The first-order valence-electron chi connectivity index (χ1n) is 6.91. The lowest BCUT2D eigenvalue weighted by Crippen LogP contribution is -2.22. The highest BCUT2D eigenvalue weighted by Crippen LogP contribution is 2.10. The van der Waals surface area contributed by atoms with E-state index in [1.807, 2.05) is 28.9 Å². The normalized spacial score (nSPS) is 10.4. The van der Waals surface area contributed by atoms with Crippen molar-refractivity contribution in [2.24, 2.45) is 0 Å². The number of nitrogens with one attached hydrogen (secondary N) is 2. The predicted molar refractivity (Wildman–Crippen MR) is 84.5 cm³/mol. The molecule has 0 spiro atoms. The van der Waals surface area contributed by atoms with Crippen molar-refractivity contribution < 1.29 is 14.7 Å². The van der Waals surface area contributed by atoms with Gasteiger partial charge < -0.3 is 14.8 Å². The van der Waals surface area contributed by atoms with Gasteiger partial charge in [-0.15, -0.1) is 0 Å². The molecule has 1 aromatic carbocycles. The Balaban J connectivity index is 1.63. The van der Waals surface area contributed by atoms with Crippen LogP contribution >= 0.6 is 0 Å². The number of carbonyl (C=O) groups excluding carboxylic acids is 1. The lowest BCUT2D eigenvalue weighted by Gasteiger charge is -2.07. The first kappa shape index (κ1) is 14.6. The molecule has 0 unspecified atom stereocenters. The fourth-order valence-corrected chi connectivity index (χ4v) is 2.18. The summed E-state index contributed by atoms with van der Waals surface area (Å²) in [6, 6.07) is 10.0. The van der Waals surface area contributed by atoms with Crippen molar-refractivity contribution in [3.63, 3.8) is 0 Å². The van der Waals surface area contributed by atoms with Gasteiger partial charge in [-0.1, -0.05) is 0 Å². The summed E-state index contributed by atoms with van der Waals surface area (Å²) in [7, 11) is 0. The summed E-state index contributed by atoms with van der Waals surface area (Å²) in [5, 5.41) is 13.7. The molecule has 3 aromatic rings. The number of rotatable bonds is 4. The van der Waals surface area contributed by atoms with Gasteiger partial charge >= 0.3 is 6.09 Å². The van der Waals surface area contributed by atoms with Gasteiger partial charge in [0.1, 0.15) is 5.65 Å². The number of anilines is 1. The smallest absolute Gasteiger partial charge is 0.409 e. The van der Waals surface area contributed by atoms with Crippen molar-refractivity contribution in [2.75, 3.05) is 5.32 Å². The van der Waals surface area contributed by atoms with Gasteiger partial charge in [0.15, 0.2) is 0 Å². The molecule has 0 radical (unpaired) electrons. The molecule has 0 aliphatic rings. The number of carboxylic acid groups (broad SMARTS) is 1. The van der Waals surface area contributed by atoms with Crippen molar-refractivity contribution in [1.82, 2.24) is 14.7 Å². The third-order valence-corrected chi connectivity index (χ3v) is 3.31. The molecule has 0 fully saturated rings. The lowest BCUT2D eigenvalue weighted by molar-refractivity contribution is 0.0951. The van der Waals surface area contributed by atoms with Crippen molar-refractivity contribution in [1.29, 1.82) is 0 Å². The maximum Gasteiger partial charge on any atom is 0.409 e. The van der Waals surface area contributed by atoms with Crippen molar-refractivity contribution in [2.45, 2.75) is 6.54 Å². The van der Waals surface area contributed by atoms with Crippen LogP contribution in [-0.4, -0.2) is 26.5 Å². The molecule has 2 heterocycles. The van der Waals surface area contributed by atoms with Gasteiger partial charge in [-0.05, 0) is 42.0 Å². The van der Waals surface area contributed by atoms with E-state index in [-0.39, 0.29) is 5.91 Å². The number of pyridine rings is 1. The summed E-state index contributed by atoms with van der Waals surface area (Å²) in [5.74, 6) is -0.227. The average molecular weight is 310 g/mol. The molecule has 0 bridgehead atoms. The van der Waals surface area contributed by atoms with Crippen LogP contribution in [-0.2, 0) is 6.54 Å². The van der Waals surface area contributed by atoms with E-state index in [1.54, 1.807) is 30.5 Å². The fraction of sp³-hybridized carbons (Fsp3) is 0.0625. The zero-order valence-electron chi connectivity index (χ0n) is 12.1. The zero-order chi connectivity index (χ0) is 16.2. The number of aromatic nitrogens is 2. The predicted octanol–water partition coefficient (Wildman–Crippen LogP) is 2.35. The molecule has 3 N–H and O–H groups in total. The van der Waals surface area contributed by atoms with Crippen LogP contribution in [0.25, 0.3) is 5.65 Å². The number of fused-ring (bicyclic) bond motifs is 1. The Morgan fingerprint density at radius 1 is 1.13 bits per heavy atom.